The molecule has 0 atom stereocenters. The van der Waals surface area contributed by atoms with Crippen molar-refractivity contribution in [1.82, 2.24) is 10.2 Å². The molecule has 0 unspecified atom stereocenters. The lowest BCUT2D eigenvalue weighted by Crippen LogP contribution is -2.11. The summed E-state index contributed by atoms with van der Waals surface area (Å²) in [7, 11) is 0. The molecule has 4 nitrogen and oxygen atoms in total. The number of nitrogens with zero attached hydrogens (tertiary/aromatic N) is 2. The maximum Gasteiger partial charge on any atom is 0.257 e. The van der Waals surface area contributed by atoms with Crippen molar-refractivity contribution in [3.63, 3.8) is 0 Å². The molecule has 0 bridgehead atoms. The molecule has 24 heavy (non-hydrogen) atoms. The highest BCUT2D eigenvalue weighted by Crippen LogP contribution is 2.32. The van der Waals surface area contributed by atoms with E-state index in [-0.39, 0.29) is 5.91 Å². The van der Waals surface area contributed by atoms with E-state index in [2.05, 4.69) is 48.4 Å². The van der Waals surface area contributed by atoms with Crippen LogP contribution in [0.5, 0.6) is 0 Å². The van der Waals surface area contributed by atoms with Gasteiger partial charge in [0.25, 0.3) is 5.91 Å². The van der Waals surface area contributed by atoms with Gasteiger partial charge in [0.2, 0.25) is 5.13 Å². The number of aryl methyl sites for hydroxylation is 4. The number of carbonyl (C=O) groups excluding carboxylic acids is 1. The van der Waals surface area contributed by atoms with E-state index in [1.807, 2.05) is 25.1 Å². The quantitative estimate of drug-likeness (QED) is 0.754. The SMILES string of the molecule is Cc1cccc(C(=O)Nc2nnc(-c3c(C)cc(C)cc3C)s2)c1. The summed E-state index contributed by atoms with van der Waals surface area (Å²) in [6.07, 6.45) is 0. The van der Waals surface area contributed by atoms with Crippen molar-refractivity contribution in [2.75, 3.05) is 5.32 Å². The van der Waals surface area contributed by atoms with Crippen LogP contribution in [-0.4, -0.2) is 16.1 Å². The number of amides is 1. The van der Waals surface area contributed by atoms with Gasteiger partial charge < -0.3 is 0 Å². The molecule has 1 N–H and O–H groups in total. The lowest BCUT2D eigenvalue weighted by Gasteiger charge is -2.07. The first-order chi connectivity index (χ1) is 11.4. The minimum atomic E-state index is -0.168. The van der Waals surface area contributed by atoms with Gasteiger partial charge in [0.1, 0.15) is 5.01 Å². The topological polar surface area (TPSA) is 54.9 Å². The largest absolute Gasteiger partial charge is 0.296 e. The predicted octanol–water partition coefficient (Wildman–Crippen LogP) is 4.69. The molecule has 1 heterocycles. The van der Waals surface area contributed by atoms with Crippen LogP contribution in [0.4, 0.5) is 5.13 Å². The summed E-state index contributed by atoms with van der Waals surface area (Å²) in [5.41, 5.74) is 6.32. The molecule has 0 fully saturated rings. The Bertz CT molecular complexity index is 891. The van der Waals surface area contributed by atoms with Crippen molar-refractivity contribution in [3.8, 4) is 10.6 Å². The molecule has 0 radical (unpaired) electrons. The third-order valence-electron chi connectivity index (χ3n) is 3.82. The van der Waals surface area contributed by atoms with E-state index < -0.39 is 0 Å². The second kappa shape index (κ2) is 6.53. The third kappa shape index (κ3) is 3.36. The Morgan fingerprint density at radius 2 is 1.67 bits per heavy atom. The zero-order valence-corrected chi connectivity index (χ0v) is 15.0. The Morgan fingerprint density at radius 1 is 0.958 bits per heavy atom. The predicted molar refractivity (Wildman–Crippen MR) is 98.7 cm³/mol. The molecule has 0 saturated carbocycles. The Hall–Kier alpha value is -2.53. The Labute approximate surface area is 145 Å². The number of hydrogen-bond acceptors (Lipinski definition) is 4. The first-order valence-electron chi connectivity index (χ1n) is 7.74. The van der Waals surface area contributed by atoms with Crippen molar-refractivity contribution >= 4 is 22.4 Å². The van der Waals surface area contributed by atoms with Crippen molar-refractivity contribution in [1.29, 1.82) is 0 Å². The van der Waals surface area contributed by atoms with E-state index in [0.29, 0.717) is 10.7 Å². The van der Waals surface area contributed by atoms with E-state index in [0.717, 1.165) is 16.1 Å². The van der Waals surface area contributed by atoms with E-state index in [4.69, 9.17) is 0 Å². The number of aromatic nitrogens is 2. The maximum absolute atomic E-state index is 12.3. The van der Waals surface area contributed by atoms with Crippen LogP contribution >= 0.6 is 11.3 Å². The normalized spacial score (nSPS) is 10.7. The van der Waals surface area contributed by atoms with Crippen LogP contribution in [0.3, 0.4) is 0 Å². The first-order valence-corrected chi connectivity index (χ1v) is 8.55. The minimum absolute atomic E-state index is 0.168. The van der Waals surface area contributed by atoms with Gasteiger partial charge in [-0.25, -0.2) is 0 Å². The van der Waals surface area contributed by atoms with Gasteiger partial charge in [-0.1, -0.05) is 46.7 Å². The van der Waals surface area contributed by atoms with Gasteiger partial charge in [-0.2, -0.15) is 0 Å². The monoisotopic (exact) mass is 337 g/mol. The summed E-state index contributed by atoms with van der Waals surface area (Å²) in [4.78, 5) is 12.3. The number of benzene rings is 2. The van der Waals surface area contributed by atoms with Crippen LogP contribution in [0, 0.1) is 27.7 Å². The average Bonchev–Trinajstić information content (AvgIpc) is 2.94. The van der Waals surface area contributed by atoms with E-state index in [1.54, 1.807) is 6.07 Å². The maximum atomic E-state index is 12.3. The van der Waals surface area contributed by atoms with Gasteiger partial charge in [0.15, 0.2) is 0 Å². The second-order valence-electron chi connectivity index (χ2n) is 6.01. The summed E-state index contributed by atoms with van der Waals surface area (Å²) in [6.45, 7) is 8.18. The van der Waals surface area contributed by atoms with Crippen LogP contribution in [0.25, 0.3) is 10.6 Å². The van der Waals surface area contributed by atoms with Crippen LogP contribution in [-0.2, 0) is 0 Å². The molecule has 3 rings (SSSR count). The van der Waals surface area contributed by atoms with Crippen molar-refractivity contribution in [2.45, 2.75) is 27.7 Å². The van der Waals surface area contributed by atoms with E-state index >= 15 is 0 Å². The van der Waals surface area contributed by atoms with Gasteiger partial charge in [0.05, 0.1) is 0 Å². The molecule has 122 valence electrons. The fourth-order valence-corrected chi connectivity index (χ4v) is 3.76. The summed E-state index contributed by atoms with van der Waals surface area (Å²) in [5, 5.41) is 12.5. The first kappa shape index (κ1) is 16.3. The lowest BCUT2D eigenvalue weighted by atomic mass is 10.0. The van der Waals surface area contributed by atoms with E-state index in [9.17, 15) is 4.79 Å². The van der Waals surface area contributed by atoms with Gasteiger partial charge in [-0.15, -0.1) is 10.2 Å². The zero-order valence-electron chi connectivity index (χ0n) is 14.2. The summed E-state index contributed by atoms with van der Waals surface area (Å²) in [5.74, 6) is -0.168. The number of carbonyl (C=O) groups is 1. The molecule has 0 aliphatic heterocycles. The van der Waals surface area contributed by atoms with Crippen LogP contribution in [0.1, 0.15) is 32.6 Å². The van der Waals surface area contributed by atoms with Gasteiger partial charge in [-0.3, -0.25) is 10.1 Å². The zero-order chi connectivity index (χ0) is 17.3. The van der Waals surface area contributed by atoms with Gasteiger partial charge in [0, 0.05) is 11.1 Å². The fraction of sp³-hybridized carbons (Fsp3) is 0.211. The molecule has 0 saturated heterocycles. The van der Waals surface area contributed by atoms with Crippen LogP contribution in [0.15, 0.2) is 36.4 Å². The number of anilines is 1. The smallest absolute Gasteiger partial charge is 0.257 e. The number of nitrogens with one attached hydrogen (secondary N) is 1. The number of rotatable bonds is 3. The Morgan fingerprint density at radius 3 is 2.33 bits per heavy atom. The molecule has 2 aromatic carbocycles. The molecule has 0 aliphatic rings. The molecule has 1 aromatic heterocycles. The van der Waals surface area contributed by atoms with Crippen molar-refractivity contribution < 1.29 is 4.79 Å². The lowest BCUT2D eigenvalue weighted by molar-refractivity contribution is 0.102. The molecular weight excluding hydrogens is 318 g/mol. The van der Waals surface area contributed by atoms with Crippen molar-refractivity contribution in [3.05, 3.63) is 64.2 Å². The summed E-state index contributed by atoms with van der Waals surface area (Å²) >= 11 is 1.39. The minimum Gasteiger partial charge on any atom is -0.296 e. The average molecular weight is 337 g/mol. The summed E-state index contributed by atoms with van der Waals surface area (Å²) in [6, 6.07) is 11.7. The van der Waals surface area contributed by atoms with Gasteiger partial charge in [-0.05, 0) is 51.0 Å². The van der Waals surface area contributed by atoms with Crippen LogP contribution in [0.2, 0.25) is 0 Å². The van der Waals surface area contributed by atoms with Crippen LogP contribution < -0.4 is 5.32 Å². The molecule has 1 amide bonds. The molecule has 5 heteroatoms. The molecule has 0 spiro atoms. The fourth-order valence-electron chi connectivity index (χ4n) is 2.85. The highest BCUT2D eigenvalue weighted by molar-refractivity contribution is 7.18. The summed E-state index contributed by atoms with van der Waals surface area (Å²) < 4.78 is 0. The molecule has 3 aromatic rings. The van der Waals surface area contributed by atoms with E-state index in [1.165, 1.54) is 28.0 Å². The highest BCUT2D eigenvalue weighted by Gasteiger charge is 2.14. The Balaban J connectivity index is 1.85. The third-order valence-corrected chi connectivity index (χ3v) is 4.67. The highest BCUT2D eigenvalue weighted by atomic mass is 32.1. The second-order valence-corrected chi connectivity index (χ2v) is 6.99. The molecular formula is C19H19N3OS. The van der Waals surface area contributed by atoms with Crippen molar-refractivity contribution in [2.24, 2.45) is 0 Å². The number of hydrogen-bond donors (Lipinski definition) is 1. The molecule has 0 aliphatic carbocycles. The van der Waals surface area contributed by atoms with Gasteiger partial charge >= 0.3 is 0 Å². The standard InChI is InChI=1S/C19H19N3OS/c1-11-6-5-7-15(10-11)17(23)20-19-22-21-18(24-19)16-13(3)8-12(2)9-14(16)4/h5-10H,1-4H3,(H,20,22,23). The Kier molecular flexibility index (Phi) is 4.44.